The molecule has 90 valence electrons. The molecule has 1 aliphatic heterocycles. The minimum atomic E-state index is -1.24. The number of nitrogens with zero attached hydrogens (tertiary/aromatic N) is 1. The molecule has 1 amide bonds. The van der Waals surface area contributed by atoms with E-state index in [9.17, 15) is 14.7 Å². The summed E-state index contributed by atoms with van der Waals surface area (Å²) in [6.07, 6.45) is 0.670. The summed E-state index contributed by atoms with van der Waals surface area (Å²) in [5.41, 5.74) is -0.221. The van der Waals surface area contributed by atoms with Gasteiger partial charge in [-0.3, -0.25) is 4.79 Å². The topological polar surface area (TPSA) is 77.8 Å². The van der Waals surface area contributed by atoms with Crippen molar-refractivity contribution in [3.05, 3.63) is 33.7 Å². The quantitative estimate of drug-likeness (QED) is 0.840. The van der Waals surface area contributed by atoms with E-state index >= 15 is 0 Å². The van der Waals surface area contributed by atoms with Crippen molar-refractivity contribution in [3.8, 4) is 0 Å². The lowest BCUT2D eigenvalue weighted by molar-refractivity contribution is -0.133. The van der Waals surface area contributed by atoms with Gasteiger partial charge in [0.2, 0.25) is 0 Å². The molecule has 0 fully saturated rings. The van der Waals surface area contributed by atoms with Gasteiger partial charge >= 0.3 is 5.97 Å². The van der Waals surface area contributed by atoms with Gasteiger partial charge in [0.15, 0.2) is 5.76 Å². The molecule has 1 aliphatic rings. The van der Waals surface area contributed by atoms with Crippen LogP contribution in [0.4, 0.5) is 0 Å². The van der Waals surface area contributed by atoms with Crippen LogP contribution in [-0.4, -0.2) is 40.1 Å². The van der Waals surface area contributed by atoms with E-state index in [0.717, 1.165) is 4.88 Å². The van der Waals surface area contributed by atoms with Crippen molar-refractivity contribution in [1.29, 1.82) is 0 Å². The number of aliphatic hydroxyl groups is 1. The summed E-state index contributed by atoms with van der Waals surface area (Å²) >= 11 is 1.59. The molecule has 2 rings (SSSR count). The Balaban J connectivity index is 1.98. The molecule has 17 heavy (non-hydrogen) atoms. The van der Waals surface area contributed by atoms with E-state index in [1.165, 1.54) is 4.90 Å². The first kappa shape index (κ1) is 11.7. The second kappa shape index (κ2) is 4.58. The van der Waals surface area contributed by atoms with Crippen molar-refractivity contribution in [2.75, 3.05) is 13.1 Å². The van der Waals surface area contributed by atoms with Crippen LogP contribution in [-0.2, 0) is 16.0 Å². The zero-order valence-corrected chi connectivity index (χ0v) is 9.74. The number of carbonyl (C=O) groups excluding carboxylic acids is 1. The summed E-state index contributed by atoms with van der Waals surface area (Å²) < 4.78 is 0. The van der Waals surface area contributed by atoms with Gasteiger partial charge in [0.25, 0.3) is 5.91 Å². The Morgan fingerprint density at radius 1 is 1.53 bits per heavy atom. The normalized spacial score (nSPS) is 15.8. The lowest BCUT2D eigenvalue weighted by atomic mass is 10.2. The predicted octanol–water partition coefficient (Wildman–Crippen LogP) is 1.03. The van der Waals surface area contributed by atoms with Crippen LogP contribution in [0.15, 0.2) is 28.8 Å². The zero-order chi connectivity index (χ0) is 12.4. The SMILES string of the molecule is O=C(O)C1=C(O)C(=O)N(CCc2cccs2)C1. The third kappa shape index (κ3) is 2.31. The van der Waals surface area contributed by atoms with Gasteiger partial charge in [0.1, 0.15) is 5.57 Å². The second-order valence-corrected chi connectivity index (χ2v) is 4.72. The average Bonchev–Trinajstić information content (AvgIpc) is 2.88. The molecule has 6 heteroatoms. The minimum Gasteiger partial charge on any atom is -0.503 e. The van der Waals surface area contributed by atoms with Crippen LogP contribution in [0.2, 0.25) is 0 Å². The Morgan fingerprint density at radius 3 is 2.82 bits per heavy atom. The van der Waals surface area contributed by atoms with Gasteiger partial charge in [-0.25, -0.2) is 4.79 Å². The zero-order valence-electron chi connectivity index (χ0n) is 8.92. The van der Waals surface area contributed by atoms with Crippen molar-refractivity contribution >= 4 is 23.2 Å². The molecule has 0 aromatic carbocycles. The predicted molar refractivity (Wildman–Crippen MR) is 61.9 cm³/mol. The molecule has 0 saturated carbocycles. The highest BCUT2D eigenvalue weighted by atomic mass is 32.1. The van der Waals surface area contributed by atoms with Gasteiger partial charge in [-0.05, 0) is 17.9 Å². The van der Waals surface area contributed by atoms with E-state index in [4.69, 9.17) is 5.11 Å². The summed E-state index contributed by atoms with van der Waals surface area (Å²) in [5.74, 6) is -2.47. The highest BCUT2D eigenvalue weighted by molar-refractivity contribution is 7.09. The first-order chi connectivity index (χ1) is 8.09. The first-order valence-corrected chi connectivity index (χ1v) is 5.94. The number of thiophene rings is 1. The maximum Gasteiger partial charge on any atom is 0.337 e. The molecule has 1 aromatic rings. The molecule has 0 bridgehead atoms. The fraction of sp³-hybridized carbons (Fsp3) is 0.273. The molecule has 0 spiro atoms. The molecular formula is C11H11NO4S. The third-order valence-corrected chi connectivity index (χ3v) is 3.53. The maximum atomic E-state index is 11.5. The van der Waals surface area contributed by atoms with E-state index in [2.05, 4.69) is 0 Å². The summed E-state index contributed by atoms with van der Waals surface area (Å²) in [6.45, 7) is 0.394. The van der Waals surface area contributed by atoms with E-state index in [-0.39, 0.29) is 12.1 Å². The Morgan fingerprint density at radius 2 is 2.29 bits per heavy atom. The number of carbonyl (C=O) groups is 2. The van der Waals surface area contributed by atoms with Crippen molar-refractivity contribution in [1.82, 2.24) is 4.90 Å². The van der Waals surface area contributed by atoms with Gasteiger partial charge < -0.3 is 15.1 Å². The van der Waals surface area contributed by atoms with Crippen molar-refractivity contribution in [3.63, 3.8) is 0 Å². The molecule has 0 aliphatic carbocycles. The molecule has 0 radical (unpaired) electrons. The van der Waals surface area contributed by atoms with Crippen LogP contribution in [0.25, 0.3) is 0 Å². The number of rotatable bonds is 4. The Labute approximate surface area is 102 Å². The lowest BCUT2D eigenvalue weighted by Crippen LogP contribution is -2.29. The maximum absolute atomic E-state index is 11.5. The molecule has 0 unspecified atom stereocenters. The number of carboxylic acids is 1. The molecule has 5 nitrogen and oxygen atoms in total. The monoisotopic (exact) mass is 253 g/mol. The van der Waals surface area contributed by atoms with Gasteiger partial charge in [0, 0.05) is 11.4 Å². The van der Waals surface area contributed by atoms with Crippen LogP contribution in [0.5, 0.6) is 0 Å². The standard InChI is InChI=1S/C11H11NO4S/c13-9-8(11(15)16)6-12(10(9)14)4-3-7-2-1-5-17-7/h1-2,5,13H,3-4,6H2,(H,15,16). The fourth-order valence-corrected chi connectivity index (χ4v) is 2.36. The lowest BCUT2D eigenvalue weighted by Gasteiger charge is -2.14. The summed E-state index contributed by atoms with van der Waals surface area (Å²) in [4.78, 5) is 24.8. The van der Waals surface area contributed by atoms with Crippen molar-refractivity contribution in [2.45, 2.75) is 6.42 Å². The van der Waals surface area contributed by atoms with E-state index in [1.54, 1.807) is 11.3 Å². The van der Waals surface area contributed by atoms with E-state index in [1.807, 2.05) is 17.5 Å². The van der Waals surface area contributed by atoms with Crippen LogP contribution >= 0.6 is 11.3 Å². The number of aliphatic carboxylic acids is 1. The molecule has 0 atom stereocenters. The van der Waals surface area contributed by atoms with E-state index in [0.29, 0.717) is 13.0 Å². The average molecular weight is 253 g/mol. The third-order valence-electron chi connectivity index (χ3n) is 2.59. The van der Waals surface area contributed by atoms with Crippen LogP contribution in [0.1, 0.15) is 4.88 Å². The Hall–Kier alpha value is -1.82. The fourth-order valence-electron chi connectivity index (χ4n) is 1.67. The molecule has 0 saturated heterocycles. The Kier molecular flexibility index (Phi) is 3.14. The summed E-state index contributed by atoms with van der Waals surface area (Å²) in [7, 11) is 0. The van der Waals surface area contributed by atoms with Crippen molar-refractivity contribution < 1.29 is 19.8 Å². The number of carboxylic acid groups (broad SMARTS) is 1. The van der Waals surface area contributed by atoms with Gasteiger partial charge in [-0.15, -0.1) is 11.3 Å². The molecule has 2 heterocycles. The number of amides is 1. The number of hydrogen-bond donors (Lipinski definition) is 2. The summed E-state index contributed by atoms with van der Waals surface area (Å²) in [6, 6.07) is 3.88. The first-order valence-electron chi connectivity index (χ1n) is 5.06. The molecule has 1 aromatic heterocycles. The van der Waals surface area contributed by atoms with Gasteiger partial charge in [-0.2, -0.15) is 0 Å². The van der Waals surface area contributed by atoms with E-state index < -0.39 is 17.6 Å². The molecular weight excluding hydrogens is 242 g/mol. The van der Waals surface area contributed by atoms with Crippen LogP contribution in [0.3, 0.4) is 0 Å². The minimum absolute atomic E-state index is 0.0224. The molecule has 2 N–H and O–H groups in total. The largest absolute Gasteiger partial charge is 0.503 e. The van der Waals surface area contributed by atoms with Gasteiger partial charge in [0.05, 0.1) is 6.54 Å². The van der Waals surface area contributed by atoms with Crippen LogP contribution < -0.4 is 0 Å². The summed E-state index contributed by atoms with van der Waals surface area (Å²) in [5, 5.41) is 20.1. The number of hydrogen-bond acceptors (Lipinski definition) is 4. The number of aliphatic hydroxyl groups excluding tert-OH is 1. The van der Waals surface area contributed by atoms with Crippen LogP contribution in [0, 0.1) is 0 Å². The van der Waals surface area contributed by atoms with Crippen molar-refractivity contribution in [2.24, 2.45) is 0 Å². The smallest absolute Gasteiger partial charge is 0.337 e. The highest BCUT2D eigenvalue weighted by Gasteiger charge is 2.33. The van der Waals surface area contributed by atoms with Gasteiger partial charge in [-0.1, -0.05) is 6.07 Å². The Bertz CT molecular complexity index is 478. The second-order valence-electron chi connectivity index (χ2n) is 3.69. The highest BCUT2D eigenvalue weighted by Crippen LogP contribution is 2.18.